The Morgan fingerprint density at radius 2 is 1.96 bits per heavy atom. The second-order valence-corrected chi connectivity index (χ2v) is 5.89. The number of carbonyl (C=O) groups is 1. The fraction of sp³-hybridized carbons (Fsp3) is 0.211. The van der Waals surface area contributed by atoms with Gasteiger partial charge >= 0.3 is 6.18 Å². The number of para-hydroxylation sites is 1. The Bertz CT molecular complexity index is 999. The summed E-state index contributed by atoms with van der Waals surface area (Å²) in [5.74, 6) is 0.443. The summed E-state index contributed by atoms with van der Waals surface area (Å²) in [5, 5.41) is 6.54. The van der Waals surface area contributed by atoms with Crippen LogP contribution in [0, 0.1) is 6.92 Å². The van der Waals surface area contributed by atoms with Crippen molar-refractivity contribution in [1.29, 1.82) is 0 Å². The van der Waals surface area contributed by atoms with Gasteiger partial charge in [-0.3, -0.25) is 4.79 Å². The van der Waals surface area contributed by atoms with Crippen molar-refractivity contribution in [3.8, 4) is 17.0 Å². The molecule has 6 nitrogen and oxygen atoms in total. The molecule has 0 aliphatic rings. The molecule has 146 valence electrons. The maximum atomic E-state index is 12.7. The minimum absolute atomic E-state index is 0.0143. The van der Waals surface area contributed by atoms with Gasteiger partial charge in [0.05, 0.1) is 24.9 Å². The van der Waals surface area contributed by atoms with E-state index in [0.29, 0.717) is 17.2 Å². The summed E-state index contributed by atoms with van der Waals surface area (Å²) < 4.78 is 48.5. The number of ether oxygens (including phenoxy) is 1. The van der Waals surface area contributed by atoms with Crippen molar-refractivity contribution >= 4 is 5.91 Å². The van der Waals surface area contributed by atoms with E-state index in [1.54, 1.807) is 19.2 Å². The lowest BCUT2D eigenvalue weighted by atomic mass is 10.1. The maximum absolute atomic E-state index is 12.7. The van der Waals surface area contributed by atoms with Gasteiger partial charge in [-0.15, -0.1) is 0 Å². The second-order valence-electron chi connectivity index (χ2n) is 5.89. The lowest BCUT2D eigenvalue weighted by molar-refractivity contribution is -0.141. The fourth-order valence-corrected chi connectivity index (χ4v) is 2.60. The van der Waals surface area contributed by atoms with Crippen LogP contribution in [-0.4, -0.2) is 23.2 Å². The summed E-state index contributed by atoms with van der Waals surface area (Å²) in [6.07, 6.45) is -4.56. The highest BCUT2D eigenvalue weighted by Gasteiger charge is 2.33. The van der Waals surface area contributed by atoms with Crippen LogP contribution in [0.1, 0.15) is 27.5 Å². The Labute approximate surface area is 158 Å². The molecular formula is C19H16F3N3O3. The van der Waals surface area contributed by atoms with Crippen molar-refractivity contribution in [2.45, 2.75) is 19.6 Å². The van der Waals surface area contributed by atoms with Gasteiger partial charge in [-0.05, 0) is 31.2 Å². The molecule has 0 saturated heterocycles. The minimum atomic E-state index is -4.56. The van der Waals surface area contributed by atoms with Gasteiger partial charge < -0.3 is 14.6 Å². The molecule has 9 heteroatoms. The molecule has 2 aromatic heterocycles. The highest BCUT2D eigenvalue weighted by molar-refractivity contribution is 5.95. The first-order valence-corrected chi connectivity index (χ1v) is 8.21. The Hall–Kier alpha value is -3.36. The number of aryl methyl sites for hydroxylation is 1. The van der Waals surface area contributed by atoms with Gasteiger partial charge in [-0.25, -0.2) is 4.98 Å². The summed E-state index contributed by atoms with van der Waals surface area (Å²) >= 11 is 0. The smallest absolute Gasteiger partial charge is 0.433 e. The molecule has 2 heterocycles. The zero-order valence-electron chi connectivity index (χ0n) is 15.0. The van der Waals surface area contributed by atoms with E-state index in [1.165, 1.54) is 6.92 Å². The average molecular weight is 391 g/mol. The van der Waals surface area contributed by atoms with Crippen molar-refractivity contribution in [2.75, 3.05) is 7.11 Å². The number of methoxy groups -OCH3 is 1. The lowest BCUT2D eigenvalue weighted by Crippen LogP contribution is -2.24. The predicted molar refractivity (Wildman–Crippen MR) is 93.6 cm³/mol. The number of carbonyl (C=O) groups excluding carboxylic acids is 1. The van der Waals surface area contributed by atoms with E-state index in [9.17, 15) is 18.0 Å². The molecular weight excluding hydrogens is 375 g/mol. The number of nitrogens with one attached hydrogen (secondary N) is 1. The molecule has 3 rings (SSSR count). The molecule has 0 unspecified atom stereocenters. The van der Waals surface area contributed by atoms with Crippen LogP contribution in [0.2, 0.25) is 0 Å². The number of amides is 1. The van der Waals surface area contributed by atoms with Crippen molar-refractivity contribution < 1.29 is 27.2 Å². The van der Waals surface area contributed by atoms with Crippen LogP contribution in [0.15, 0.2) is 47.0 Å². The number of alkyl halides is 3. The van der Waals surface area contributed by atoms with E-state index in [1.807, 2.05) is 18.2 Å². The highest BCUT2D eigenvalue weighted by Crippen LogP contribution is 2.29. The number of nitrogens with zero attached hydrogens (tertiary/aromatic N) is 2. The SMILES string of the molecule is COc1ccccc1-c1cc(CNC(=O)c2ccc(C(F)(F)F)nc2C)on1. The van der Waals surface area contributed by atoms with Crippen molar-refractivity contribution in [2.24, 2.45) is 0 Å². The zero-order chi connectivity index (χ0) is 20.3. The van der Waals surface area contributed by atoms with E-state index in [2.05, 4.69) is 15.5 Å². The van der Waals surface area contributed by atoms with Crippen molar-refractivity contribution in [3.05, 3.63) is 65.2 Å². The number of hydrogen-bond donors (Lipinski definition) is 1. The number of hydrogen-bond acceptors (Lipinski definition) is 5. The van der Waals surface area contributed by atoms with E-state index < -0.39 is 17.8 Å². The normalized spacial score (nSPS) is 11.3. The molecule has 3 aromatic rings. The highest BCUT2D eigenvalue weighted by atomic mass is 19.4. The van der Waals surface area contributed by atoms with Gasteiger partial charge in [0.15, 0.2) is 5.76 Å². The van der Waals surface area contributed by atoms with E-state index in [4.69, 9.17) is 9.26 Å². The number of pyridine rings is 1. The monoisotopic (exact) mass is 391 g/mol. The average Bonchev–Trinajstić information content (AvgIpc) is 3.14. The molecule has 0 saturated carbocycles. The first-order chi connectivity index (χ1) is 13.3. The van der Waals surface area contributed by atoms with Crippen LogP contribution in [0.5, 0.6) is 5.75 Å². The van der Waals surface area contributed by atoms with Gasteiger partial charge in [-0.1, -0.05) is 17.3 Å². The van der Waals surface area contributed by atoms with Crippen molar-refractivity contribution in [1.82, 2.24) is 15.5 Å². The quantitative estimate of drug-likeness (QED) is 0.711. The van der Waals surface area contributed by atoms with Crippen LogP contribution in [-0.2, 0) is 12.7 Å². The largest absolute Gasteiger partial charge is 0.496 e. The molecule has 0 aliphatic carbocycles. The second kappa shape index (κ2) is 7.71. The molecule has 28 heavy (non-hydrogen) atoms. The molecule has 0 bridgehead atoms. The Morgan fingerprint density at radius 3 is 2.64 bits per heavy atom. The minimum Gasteiger partial charge on any atom is -0.496 e. The summed E-state index contributed by atoms with van der Waals surface area (Å²) in [6.45, 7) is 1.36. The third-order valence-electron chi connectivity index (χ3n) is 3.99. The van der Waals surface area contributed by atoms with Crippen LogP contribution in [0.4, 0.5) is 13.2 Å². The molecule has 0 atom stereocenters. The van der Waals surface area contributed by atoms with E-state index >= 15 is 0 Å². The van der Waals surface area contributed by atoms with Gasteiger partial charge in [0, 0.05) is 11.6 Å². The zero-order valence-corrected chi connectivity index (χ0v) is 15.0. The summed E-state index contributed by atoms with van der Waals surface area (Å²) in [4.78, 5) is 15.7. The molecule has 0 fully saturated rings. The third kappa shape index (κ3) is 4.13. The molecule has 0 spiro atoms. The molecule has 0 aliphatic heterocycles. The van der Waals surface area contributed by atoms with Gasteiger partial charge in [0.25, 0.3) is 5.91 Å². The third-order valence-corrected chi connectivity index (χ3v) is 3.99. The predicted octanol–water partition coefficient (Wildman–Crippen LogP) is 4.00. The Balaban J connectivity index is 1.70. The molecule has 1 N–H and O–H groups in total. The van der Waals surface area contributed by atoms with Crippen molar-refractivity contribution in [3.63, 3.8) is 0 Å². The summed E-state index contributed by atoms with van der Waals surface area (Å²) in [5.41, 5.74) is 0.262. The standard InChI is InChI=1S/C19H16F3N3O3/c1-11-13(7-8-17(24-11)19(20,21)22)18(26)23-10-12-9-15(25-28-12)14-5-3-4-6-16(14)27-2/h3-9H,10H2,1-2H3,(H,23,26). The Morgan fingerprint density at radius 1 is 1.21 bits per heavy atom. The van der Waals surface area contributed by atoms with Crippen LogP contribution < -0.4 is 10.1 Å². The van der Waals surface area contributed by atoms with Gasteiger partial charge in [0.2, 0.25) is 0 Å². The number of rotatable bonds is 5. The van der Waals surface area contributed by atoms with E-state index in [-0.39, 0.29) is 17.8 Å². The van der Waals surface area contributed by atoms with Gasteiger partial charge in [-0.2, -0.15) is 13.2 Å². The molecule has 0 radical (unpaired) electrons. The molecule has 1 aromatic carbocycles. The number of halogens is 3. The number of benzene rings is 1. The fourth-order valence-electron chi connectivity index (χ4n) is 2.60. The maximum Gasteiger partial charge on any atom is 0.433 e. The topological polar surface area (TPSA) is 77.2 Å². The van der Waals surface area contributed by atoms with Gasteiger partial charge in [0.1, 0.15) is 17.1 Å². The number of aromatic nitrogens is 2. The van der Waals surface area contributed by atoms with Crippen LogP contribution in [0.25, 0.3) is 11.3 Å². The van der Waals surface area contributed by atoms with Crippen LogP contribution in [0.3, 0.4) is 0 Å². The molecule has 1 amide bonds. The summed E-state index contributed by atoms with van der Waals surface area (Å²) in [7, 11) is 1.54. The van der Waals surface area contributed by atoms with Crippen LogP contribution >= 0.6 is 0 Å². The first kappa shape index (κ1) is 19.4. The van der Waals surface area contributed by atoms with E-state index in [0.717, 1.165) is 17.7 Å². The Kier molecular flexibility index (Phi) is 5.34. The lowest BCUT2D eigenvalue weighted by Gasteiger charge is -2.09. The summed E-state index contributed by atoms with van der Waals surface area (Å²) in [6, 6.07) is 10.8. The first-order valence-electron chi connectivity index (χ1n) is 8.21.